The molecular formula is C98H63N5. The lowest BCUT2D eigenvalue weighted by atomic mass is 9.79. The summed E-state index contributed by atoms with van der Waals surface area (Å²) in [6.45, 7) is 4.85. The second-order valence-electron chi connectivity index (χ2n) is 28.2. The standard InChI is InChI=1S/C98H63N5/c1-98(2)85-57-71(51-52-76(85)82-58-83-84(59-86(82)98)93(72-48-37-60-19-9-10-21-69(60)55-72)78-28-14-13-27-77(78)91(83)65-41-45-68(46-42-65)97-100-88-30-16-18-32-90(88)103(97)74-24-7-4-8-25-74)70-47-38-64-50-54-80-92(79-53-49-63-20-11-12-26-75(63)94(79)101-95(80)81(64)56-70)66-39-33-61(34-40-66)62-35-43-67(44-36-62)96-99-87-29-15-17-31-89(87)102(96)73-22-5-3-6-23-73/h3-59H,1-2H3. The Bertz CT molecular complexity index is 6900. The maximum Gasteiger partial charge on any atom is 0.145 e. The van der Waals surface area contributed by atoms with E-state index in [4.69, 9.17) is 15.0 Å². The van der Waals surface area contributed by atoms with Crippen molar-refractivity contribution in [1.82, 2.24) is 24.1 Å². The van der Waals surface area contributed by atoms with Gasteiger partial charge in [0.2, 0.25) is 0 Å². The van der Waals surface area contributed by atoms with Gasteiger partial charge in [0.15, 0.2) is 0 Å². The van der Waals surface area contributed by atoms with Crippen LogP contribution in [0.15, 0.2) is 346 Å². The van der Waals surface area contributed by atoms with Crippen LogP contribution >= 0.6 is 0 Å². The van der Waals surface area contributed by atoms with Crippen molar-refractivity contribution < 1.29 is 0 Å². The molecule has 20 aromatic rings. The number of para-hydroxylation sites is 6. The lowest BCUT2D eigenvalue weighted by Gasteiger charge is -2.24. The van der Waals surface area contributed by atoms with Gasteiger partial charge in [0.1, 0.15) is 11.6 Å². The highest BCUT2D eigenvalue weighted by molar-refractivity contribution is 6.24. The van der Waals surface area contributed by atoms with Crippen LogP contribution in [-0.2, 0) is 5.41 Å². The lowest BCUT2D eigenvalue weighted by Crippen LogP contribution is -2.15. The first-order chi connectivity index (χ1) is 50.8. The van der Waals surface area contributed by atoms with E-state index >= 15 is 0 Å². The molecule has 0 saturated heterocycles. The third-order valence-corrected chi connectivity index (χ3v) is 22.1. The number of aromatic nitrogens is 5. The summed E-state index contributed by atoms with van der Waals surface area (Å²) in [5.74, 6) is 1.83. The van der Waals surface area contributed by atoms with Crippen LogP contribution in [0.1, 0.15) is 25.0 Å². The topological polar surface area (TPSA) is 48.5 Å². The molecule has 21 rings (SSSR count). The quantitative estimate of drug-likeness (QED) is 0.107. The molecule has 3 heterocycles. The van der Waals surface area contributed by atoms with Crippen molar-refractivity contribution in [2.45, 2.75) is 19.3 Å². The molecule has 0 spiro atoms. The van der Waals surface area contributed by atoms with E-state index in [1.165, 1.54) is 87.8 Å². The van der Waals surface area contributed by atoms with Gasteiger partial charge in [-0.15, -0.1) is 0 Å². The largest absolute Gasteiger partial charge is 0.292 e. The van der Waals surface area contributed by atoms with E-state index in [2.05, 4.69) is 369 Å². The first-order valence-electron chi connectivity index (χ1n) is 35.5. The SMILES string of the molecule is CC1(C)c2cc(-c3ccc4ccc5c(-c6ccc(-c7ccc(-c8nc9ccccc9n8-c8ccccc8)cc7)cc6)c6ccc7ccccc7c6nc5c4c3)ccc2-c2cc3c(-c4ccc(-c5nc6ccccc6n5-c5ccccc5)cc4)c4ccccc4c(-c4ccc5ccccc5c4)c3cc21. The van der Waals surface area contributed by atoms with Crippen molar-refractivity contribution in [2.24, 2.45) is 0 Å². The molecule has 103 heavy (non-hydrogen) atoms. The van der Waals surface area contributed by atoms with Gasteiger partial charge in [-0.05, 0) is 194 Å². The van der Waals surface area contributed by atoms with E-state index < -0.39 is 0 Å². The molecule has 1 aliphatic carbocycles. The lowest BCUT2D eigenvalue weighted by molar-refractivity contribution is 0.661. The fraction of sp³-hybridized carbons (Fsp3) is 0.0306. The van der Waals surface area contributed by atoms with Gasteiger partial charge in [0, 0.05) is 55.0 Å². The van der Waals surface area contributed by atoms with E-state index in [0.29, 0.717) is 0 Å². The summed E-state index contributed by atoms with van der Waals surface area (Å²) in [6.07, 6.45) is 0. The maximum absolute atomic E-state index is 5.75. The van der Waals surface area contributed by atoms with Crippen LogP contribution in [-0.4, -0.2) is 24.1 Å². The van der Waals surface area contributed by atoms with Crippen molar-refractivity contribution >= 4 is 97.7 Å². The minimum absolute atomic E-state index is 0.339. The van der Waals surface area contributed by atoms with E-state index in [1.54, 1.807) is 0 Å². The summed E-state index contributed by atoms with van der Waals surface area (Å²) in [5.41, 5.74) is 27.0. The normalized spacial score (nSPS) is 12.6. The Labute approximate surface area is 595 Å². The molecule has 3 aromatic heterocycles. The molecule has 1 aliphatic rings. The Balaban J connectivity index is 0.686. The fourth-order valence-electron chi connectivity index (χ4n) is 17.0. The summed E-state index contributed by atoms with van der Waals surface area (Å²) in [7, 11) is 0. The number of hydrogen-bond acceptors (Lipinski definition) is 3. The first-order valence-corrected chi connectivity index (χ1v) is 35.5. The average Bonchev–Trinajstić information content (AvgIpc) is 1.56. The van der Waals surface area contributed by atoms with Crippen molar-refractivity contribution in [2.75, 3.05) is 0 Å². The van der Waals surface area contributed by atoms with Crippen molar-refractivity contribution in [1.29, 1.82) is 0 Å². The molecule has 0 saturated carbocycles. The second-order valence-corrected chi connectivity index (χ2v) is 28.2. The summed E-state index contributed by atoms with van der Waals surface area (Å²) in [4.78, 5) is 16.2. The minimum atomic E-state index is -0.339. The van der Waals surface area contributed by atoms with Crippen molar-refractivity contribution in [3.63, 3.8) is 0 Å². The number of imidazole rings is 2. The third-order valence-electron chi connectivity index (χ3n) is 22.1. The molecule has 0 radical (unpaired) electrons. The van der Waals surface area contributed by atoms with Crippen LogP contribution in [0.5, 0.6) is 0 Å². The number of rotatable bonds is 9. The molecule has 0 aliphatic heterocycles. The van der Waals surface area contributed by atoms with E-state index in [0.717, 1.165) is 122 Å². The predicted molar refractivity (Wildman–Crippen MR) is 432 cm³/mol. The second kappa shape index (κ2) is 22.8. The van der Waals surface area contributed by atoms with Gasteiger partial charge in [-0.1, -0.05) is 281 Å². The molecule has 17 aromatic carbocycles. The zero-order valence-corrected chi connectivity index (χ0v) is 56.6. The van der Waals surface area contributed by atoms with Crippen LogP contribution in [0.4, 0.5) is 0 Å². The number of benzene rings is 17. The van der Waals surface area contributed by atoms with Crippen LogP contribution in [0.25, 0.3) is 199 Å². The summed E-state index contributed by atoms with van der Waals surface area (Å²) in [5, 5.41) is 14.2. The number of hydrogen-bond donors (Lipinski definition) is 0. The zero-order valence-electron chi connectivity index (χ0n) is 56.6. The van der Waals surface area contributed by atoms with Gasteiger partial charge in [-0.25, -0.2) is 15.0 Å². The number of fused-ring (bicyclic) bond motifs is 14. The monoisotopic (exact) mass is 1310 g/mol. The molecule has 5 heteroatoms. The molecule has 0 N–H and O–H groups in total. The number of nitrogens with zero attached hydrogens (tertiary/aromatic N) is 5. The van der Waals surface area contributed by atoms with Gasteiger partial charge in [-0.3, -0.25) is 9.13 Å². The zero-order chi connectivity index (χ0) is 68.0. The Morgan fingerprint density at radius 3 is 1.25 bits per heavy atom. The van der Waals surface area contributed by atoms with Gasteiger partial charge in [-0.2, -0.15) is 0 Å². The maximum atomic E-state index is 5.75. The van der Waals surface area contributed by atoms with Crippen molar-refractivity contribution in [3.8, 4) is 101 Å². The van der Waals surface area contributed by atoms with Gasteiger partial charge in [0.05, 0.1) is 33.1 Å². The molecule has 0 amide bonds. The van der Waals surface area contributed by atoms with Crippen LogP contribution < -0.4 is 0 Å². The highest BCUT2D eigenvalue weighted by Gasteiger charge is 2.37. The Hall–Kier alpha value is -13.4. The van der Waals surface area contributed by atoms with Crippen molar-refractivity contribution in [3.05, 3.63) is 357 Å². The Morgan fingerprint density at radius 1 is 0.233 bits per heavy atom. The third kappa shape index (κ3) is 9.22. The highest BCUT2D eigenvalue weighted by Crippen LogP contribution is 2.55. The van der Waals surface area contributed by atoms with E-state index in [-0.39, 0.29) is 5.41 Å². The molecule has 0 unspecified atom stereocenters. The smallest absolute Gasteiger partial charge is 0.145 e. The molecule has 5 nitrogen and oxygen atoms in total. The number of pyridine rings is 1. The van der Waals surface area contributed by atoms with E-state index in [1.807, 2.05) is 0 Å². The molecule has 0 fully saturated rings. The fourth-order valence-corrected chi connectivity index (χ4v) is 17.0. The van der Waals surface area contributed by atoms with Gasteiger partial charge < -0.3 is 0 Å². The van der Waals surface area contributed by atoms with Crippen LogP contribution in [0, 0.1) is 0 Å². The molecule has 480 valence electrons. The first kappa shape index (κ1) is 58.6. The summed E-state index contributed by atoms with van der Waals surface area (Å²) in [6, 6.07) is 127. The average molecular weight is 1310 g/mol. The van der Waals surface area contributed by atoms with Crippen LogP contribution in [0.2, 0.25) is 0 Å². The Morgan fingerprint density at radius 2 is 0.641 bits per heavy atom. The summed E-state index contributed by atoms with van der Waals surface area (Å²) < 4.78 is 4.54. The summed E-state index contributed by atoms with van der Waals surface area (Å²) >= 11 is 0. The minimum Gasteiger partial charge on any atom is -0.292 e. The molecule has 0 atom stereocenters. The predicted octanol–water partition coefficient (Wildman–Crippen LogP) is 25.8. The molecule has 0 bridgehead atoms. The molecular weight excluding hydrogens is 1250 g/mol. The van der Waals surface area contributed by atoms with Crippen LogP contribution in [0.3, 0.4) is 0 Å². The Kier molecular flexibility index (Phi) is 13.0. The van der Waals surface area contributed by atoms with Gasteiger partial charge in [0.25, 0.3) is 0 Å². The highest BCUT2D eigenvalue weighted by atomic mass is 15.1. The van der Waals surface area contributed by atoms with Gasteiger partial charge >= 0.3 is 0 Å². The van der Waals surface area contributed by atoms with E-state index in [9.17, 15) is 0 Å².